The van der Waals surface area contributed by atoms with Crippen LogP contribution in [0.3, 0.4) is 0 Å². The molecule has 1 saturated heterocycles. The molecule has 0 aliphatic carbocycles. The Bertz CT molecular complexity index is 515. The molecule has 19 heavy (non-hydrogen) atoms. The average molecular weight is 253 g/mol. The van der Waals surface area contributed by atoms with E-state index in [4.69, 9.17) is 10.5 Å². The molecule has 2 unspecified atom stereocenters. The number of nitrogens with two attached hydrogens (primary N) is 1. The third-order valence-electron chi connectivity index (χ3n) is 3.77. The third kappa shape index (κ3) is 2.70. The van der Waals surface area contributed by atoms with Crippen molar-refractivity contribution in [2.45, 2.75) is 25.0 Å². The minimum atomic E-state index is -0.00711. The molecule has 0 spiro atoms. The van der Waals surface area contributed by atoms with Gasteiger partial charge in [-0.15, -0.1) is 0 Å². The summed E-state index contributed by atoms with van der Waals surface area (Å²) in [5, 5.41) is 0. The summed E-state index contributed by atoms with van der Waals surface area (Å²) in [6, 6.07) is 18.9. The number of hydrogen-bond acceptors (Lipinski definition) is 2. The number of rotatable bonds is 3. The lowest BCUT2D eigenvalue weighted by atomic mass is 9.97. The molecular formula is C17H19NO. The van der Waals surface area contributed by atoms with Crippen LogP contribution in [0.5, 0.6) is 0 Å². The van der Waals surface area contributed by atoms with Gasteiger partial charge in [0.1, 0.15) is 0 Å². The Hall–Kier alpha value is -1.64. The van der Waals surface area contributed by atoms with Crippen LogP contribution >= 0.6 is 0 Å². The second kappa shape index (κ2) is 5.55. The average Bonchev–Trinajstić information content (AvgIpc) is 3.02. The molecule has 0 saturated carbocycles. The molecule has 0 amide bonds. The molecule has 2 N–H and O–H groups in total. The van der Waals surface area contributed by atoms with Gasteiger partial charge in [0.05, 0.1) is 12.1 Å². The molecule has 0 aromatic heterocycles. The Balaban J connectivity index is 1.79. The van der Waals surface area contributed by atoms with E-state index in [2.05, 4.69) is 48.5 Å². The topological polar surface area (TPSA) is 35.2 Å². The summed E-state index contributed by atoms with van der Waals surface area (Å²) < 4.78 is 5.66. The molecule has 1 aliphatic rings. The first-order chi connectivity index (χ1) is 9.34. The van der Waals surface area contributed by atoms with Crippen molar-refractivity contribution in [3.63, 3.8) is 0 Å². The van der Waals surface area contributed by atoms with E-state index in [1.54, 1.807) is 0 Å². The van der Waals surface area contributed by atoms with Crippen molar-refractivity contribution in [1.29, 1.82) is 0 Å². The fourth-order valence-electron chi connectivity index (χ4n) is 2.63. The maximum atomic E-state index is 6.26. The maximum Gasteiger partial charge on any atom is 0.0768 e. The highest BCUT2D eigenvalue weighted by Crippen LogP contribution is 2.27. The van der Waals surface area contributed by atoms with Crippen LogP contribution in [-0.4, -0.2) is 12.7 Å². The van der Waals surface area contributed by atoms with Gasteiger partial charge in [-0.1, -0.05) is 54.6 Å². The van der Waals surface area contributed by atoms with E-state index in [1.807, 2.05) is 6.07 Å². The minimum absolute atomic E-state index is 0.00711. The van der Waals surface area contributed by atoms with E-state index in [1.165, 1.54) is 11.1 Å². The molecule has 2 aromatic carbocycles. The van der Waals surface area contributed by atoms with Crippen LogP contribution in [-0.2, 0) is 4.74 Å². The van der Waals surface area contributed by atoms with Gasteiger partial charge in [0.2, 0.25) is 0 Å². The van der Waals surface area contributed by atoms with Crippen molar-refractivity contribution < 1.29 is 4.74 Å². The zero-order valence-corrected chi connectivity index (χ0v) is 11.0. The van der Waals surface area contributed by atoms with Gasteiger partial charge in [-0.25, -0.2) is 0 Å². The second-order valence-corrected chi connectivity index (χ2v) is 5.07. The molecule has 1 fully saturated rings. The minimum Gasteiger partial charge on any atom is -0.376 e. The normalized spacial score (nSPS) is 20.4. The van der Waals surface area contributed by atoms with Crippen LogP contribution in [0.25, 0.3) is 11.1 Å². The fraction of sp³-hybridized carbons (Fsp3) is 0.294. The third-order valence-corrected chi connectivity index (χ3v) is 3.77. The SMILES string of the molecule is NC(c1ccc(-c2ccccc2)cc1)C1CCCO1. The lowest BCUT2D eigenvalue weighted by molar-refractivity contribution is 0.0900. The second-order valence-electron chi connectivity index (χ2n) is 5.07. The van der Waals surface area contributed by atoms with E-state index in [9.17, 15) is 0 Å². The molecule has 0 bridgehead atoms. The zero-order valence-electron chi connectivity index (χ0n) is 11.0. The van der Waals surface area contributed by atoms with Crippen LogP contribution in [0.1, 0.15) is 24.4 Å². The van der Waals surface area contributed by atoms with Gasteiger partial charge in [0, 0.05) is 6.61 Å². The van der Waals surface area contributed by atoms with Crippen LogP contribution < -0.4 is 5.73 Å². The highest BCUT2D eigenvalue weighted by molar-refractivity contribution is 5.63. The molecule has 2 aromatic rings. The predicted molar refractivity (Wildman–Crippen MR) is 77.8 cm³/mol. The van der Waals surface area contributed by atoms with Crippen LogP contribution in [0.4, 0.5) is 0 Å². The largest absolute Gasteiger partial charge is 0.376 e. The van der Waals surface area contributed by atoms with E-state index in [0.29, 0.717) is 0 Å². The van der Waals surface area contributed by atoms with Crippen molar-refractivity contribution >= 4 is 0 Å². The Kier molecular flexibility index (Phi) is 3.62. The Labute approximate surface area is 114 Å². The molecule has 1 heterocycles. The van der Waals surface area contributed by atoms with Crippen LogP contribution in [0.15, 0.2) is 54.6 Å². The van der Waals surface area contributed by atoms with Crippen molar-refractivity contribution in [2.75, 3.05) is 6.61 Å². The highest BCUT2D eigenvalue weighted by atomic mass is 16.5. The summed E-state index contributed by atoms with van der Waals surface area (Å²) in [6.07, 6.45) is 2.38. The molecule has 3 rings (SSSR count). The number of ether oxygens (including phenoxy) is 1. The van der Waals surface area contributed by atoms with Crippen molar-refractivity contribution in [3.8, 4) is 11.1 Å². The smallest absolute Gasteiger partial charge is 0.0768 e. The maximum absolute atomic E-state index is 6.26. The van der Waals surface area contributed by atoms with Crippen molar-refractivity contribution in [1.82, 2.24) is 0 Å². The van der Waals surface area contributed by atoms with E-state index in [-0.39, 0.29) is 12.1 Å². The predicted octanol–water partition coefficient (Wildman–Crippen LogP) is 3.53. The van der Waals surface area contributed by atoms with Gasteiger partial charge < -0.3 is 10.5 Å². The summed E-state index contributed by atoms with van der Waals surface area (Å²) in [5.41, 5.74) is 9.88. The fourth-order valence-corrected chi connectivity index (χ4v) is 2.63. The quantitative estimate of drug-likeness (QED) is 0.908. The van der Waals surface area contributed by atoms with Gasteiger partial charge in [-0.2, -0.15) is 0 Å². The molecule has 1 aliphatic heterocycles. The Morgan fingerprint density at radius 3 is 2.26 bits per heavy atom. The molecule has 0 radical (unpaired) electrons. The molecule has 2 atom stereocenters. The number of benzene rings is 2. The first-order valence-electron chi connectivity index (χ1n) is 6.87. The summed E-state index contributed by atoms with van der Waals surface area (Å²) in [4.78, 5) is 0. The summed E-state index contributed by atoms with van der Waals surface area (Å²) in [6.45, 7) is 0.848. The lowest BCUT2D eigenvalue weighted by Gasteiger charge is -2.19. The molecular weight excluding hydrogens is 234 g/mol. The summed E-state index contributed by atoms with van der Waals surface area (Å²) in [7, 11) is 0. The Morgan fingerprint density at radius 2 is 1.63 bits per heavy atom. The van der Waals surface area contributed by atoms with Gasteiger partial charge >= 0.3 is 0 Å². The molecule has 2 nitrogen and oxygen atoms in total. The van der Waals surface area contributed by atoms with Crippen molar-refractivity contribution in [2.24, 2.45) is 5.73 Å². The van der Waals surface area contributed by atoms with E-state index in [0.717, 1.165) is 25.0 Å². The zero-order chi connectivity index (χ0) is 13.1. The molecule has 98 valence electrons. The van der Waals surface area contributed by atoms with Gasteiger partial charge in [-0.05, 0) is 29.5 Å². The van der Waals surface area contributed by atoms with Gasteiger partial charge in [0.25, 0.3) is 0 Å². The summed E-state index contributed by atoms with van der Waals surface area (Å²) in [5.74, 6) is 0. The highest BCUT2D eigenvalue weighted by Gasteiger charge is 2.23. The first-order valence-corrected chi connectivity index (χ1v) is 6.87. The van der Waals surface area contributed by atoms with Crippen LogP contribution in [0, 0.1) is 0 Å². The van der Waals surface area contributed by atoms with Gasteiger partial charge in [-0.3, -0.25) is 0 Å². The van der Waals surface area contributed by atoms with E-state index >= 15 is 0 Å². The van der Waals surface area contributed by atoms with Crippen LogP contribution in [0.2, 0.25) is 0 Å². The van der Waals surface area contributed by atoms with Crippen molar-refractivity contribution in [3.05, 3.63) is 60.2 Å². The lowest BCUT2D eigenvalue weighted by Crippen LogP contribution is -2.25. The number of hydrogen-bond donors (Lipinski definition) is 1. The van der Waals surface area contributed by atoms with Gasteiger partial charge in [0.15, 0.2) is 0 Å². The first kappa shape index (κ1) is 12.4. The Morgan fingerprint density at radius 1 is 0.947 bits per heavy atom. The monoisotopic (exact) mass is 253 g/mol. The van der Waals surface area contributed by atoms with E-state index < -0.39 is 0 Å². The molecule has 2 heteroatoms. The summed E-state index contributed by atoms with van der Waals surface area (Å²) >= 11 is 0. The standard InChI is InChI=1S/C17H19NO/c18-17(16-7-4-12-19-16)15-10-8-14(9-11-15)13-5-2-1-3-6-13/h1-3,5-6,8-11,16-17H,4,7,12,18H2.